The maximum atomic E-state index is 11.9. The van der Waals surface area contributed by atoms with Crippen LogP contribution in [0, 0.1) is 0 Å². The van der Waals surface area contributed by atoms with E-state index in [-0.39, 0.29) is 18.7 Å². The molecule has 0 aliphatic carbocycles. The number of fused-ring (bicyclic) bond motifs is 1. The van der Waals surface area contributed by atoms with E-state index in [0.717, 1.165) is 22.9 Å². The minimum atomic E-state index is -0.121. The summed E-state index contributed by atoms with van der Waals surface area (Å²) in [6.45, 7) is 2.16. The summed E-state index contributed by atoms with van der Waals surface area (Å²) in [7, 11) is 0. The number of ether oxygens (including phenoxy) is 2. The number of hydrogen-bond donors (Lipinski definition) is 2. The summed E-state index contributed by atoms with van der Waals surface area (Å²) in [5, 5.41) is 2.92. The Bertz CT molecular complexity index is 625. The standard InChI is InChI=1S/C15H17N3O3/c1-10(15-16-6-7-17-15)18-14(19)5-3-11-2-4-12-13(8-11)21-9-20-12/h2,4,6-8,10H,3,5,9H2,1H3,(H,16,17)(H,18,19). The quantitative estimate of drug-likeness (QED) is 0.881. The first-order valence-electron chi connectivity index (χ1n) is 6.89. The molecule has 1 aliphatic heterocycles. The van der Waals surface area contributed by atoms with Crippen LogP contribution in [0.2, 0.25) is 0 Å². The van der Waals surface area contributed by atoms with Crippen LogP contribution in [0.5, 0.6) is 11.5 Å². The third kappa shape index (κ3) is 3.16. The van der Waals surface area contributed by atoms with Gasteiger partial charge in [0, 0.05) is 18.8 Å². The number of rotatable bonds is 5. The predicted molar refractivity (Wildman–Crippen MR) is 76.0 cm³/mol. The zero-order chi connectivity index (χ0) is 14.7. The first kappa shape index (κ1) is 13.5. The number of aryl methyl sites for hydroxylation is 1. The number of nitrogens with zero attached hydrogens (tertiary/aromatic N) is 1. The van der Waals surface area contributed by atoms with Crippen LogP contribution >= 0.6 is 0 Å². The van der Waals surface area contributed by atoms with E-state index in [1.54, 1.807) is 12.4 Å². The highest BCUT2D eigenvalue weighted by atomic mass is 16.7. The Morgan fingerprint density at radius 1 is 1.43 bits per heavy atom. The van der Waals surface area contributed by atoms with Crippen LogP contribution in [0.4, 0.5) is 0 Å². The smallest absolute Gasteiger partial charge is 0.231 e. The third-order valence-electron chi connectivity index (χ3n) is 3.38. The SMILES string of the molecule is CC(NC(=O)CCc1ccc2c(c1)OCO2)c1ncc[nH]1. The summed E-state index contributed by atoms with van der Waals surface area (Å²) in [6.07, 6.45) is 4.49. The molecule has 1 aromatic carbocycles. The zero-order valence-electron chi connectivity index (χ0n) is 11.8. The second-order valence-corrected chi connectivity index (χ2v) is 4.95. The summed E-state index contributed by atoms with van der Waals surface area (Å²) in [5.41, 5.74) is 1.06. The van der Waals surface area contributed by atoms with E-state index in [2.05, 4.69) is 15.3 Å². The largest absolute Gasteiger partial charge is 0.454 e. The molecule has 1 aromatic heterocycles. The molecule has 2 aromatic rings. The molecule has 6 nitrogen and oxygen atoms in total. The summed E-state index contributed by atoms with van der Waals surface area (Å²) < 4.78 is 10.6. The van der Waals surface area contributed by atoms with Gasteiger partial charge in [0.25, 0.3) is 0 Å². The molecule has 110 valence electrons. The van der Waals surface area contributed by atoms with Crippen molar-refractivity contribution in [2.75, 3.05) is 6.79 Å². The highest BCUT2D eigenvalue weighted by Crippen LogP contribution is 2.32. The van der Waals surface area contributed by atoms with Crippen molar-refractivity contribution in [3.05, 3.63) is 42.0 Å². The molecule has 2 N–H and O–H groups in total. The Kier molecular flexibility index (Phi) is 3.77. The molecule has 0 radical (unpaired) electrons. The van der Waals surface area contributed by atoms with Crippen LogP contribution in [0.25, 0.3) is 0 Å². The van der Waals surface area contributed by atoms with Crippen molar-refractivity contribution in [3.63, 3.8) is 0 Å². The number of carbonyl (C=O) groups excluding carboxylic acids is 1. The lowest BCUT2D eigenvalue weighted by molar-refractivity contribution is -0.121. The molecule has 2 heterocycles. The minimum Gasteiger partial charge on any atom is -0.454 e. The topological polar surface area (TPSA) is 76.2 Å². The summed E-state index contributed by atoms with van der Waals surface area (Å²) in [5.74, 6) is 2.26. The molecule has 0 saturated carbocycles. The number of amides is 1. The average molecular weight is 287 g/mol. The van der Waals surface area contributed by atoms with Crippen molar-refractivity contribution >= 4 is 5.91 Å². The third-order valence-corrected chi connectivity index (χ3v) is 3.38. The van der Waals surface area contributed by atoms with Gasteiger partial charge in [-0.1, -0.05) is 6.07 Å². The number of hydrogen-bond acceptors (Lipinski definition) is 4. The lowest BCUT2D eigenvalue weighted by Crippen LogP contribution is -2.27. The van der Waals surface area contributed by atoms with E-state index in [1.165, 1.54) is 0 Å². The van der Waals surface area contributed by atoms with E-state index < -0.39 is 0 Å². The van der Waals surface area contributed by atoms with Gasteiger partial charge in [-0.3, -0.25) is 4.79 Å². The molecule has 1 atom stereocenters. The first-order valence-corrected chi connectivity index (χ1v) is 6.89. The van der Waals surface area contributed by atoms with Crippen molar-refractivity contribution in [1.29, 1.82) is 0 Å². The maximum Gasteiger partial charge on any atom is 0.231 e. The maximum absolute atomic E-state index is 11.9. The van der Waals surface area contributed by atoms with E-state index in [4.69, 9.17) is 9.47 Å². The van der Waals surface area contributed by atoms with Crippen molar-refractivity contribution in [3.8, 4) is 11.5 Å². The molecule has 1 aliphatic rings. The number of aromatic nitrogens is 2. The van der Waals surface area contributed by atoms with Gasteiger partial charge in [0.1, 0.15) is 5.82 Å². The lowest BCUT2D eigenvalue weighted by Gasteiger charge is -2.11. The van der Waals surface area contributed by atoms with Gasteiger partial charge >= 0.3 is 0 Å². The lowest BCUT2D eigenvalue weighted by atomic mass is 10.1. The van der Waals surface area contributed by atoms with Gasteiger partial charge in [0.2, 0.25) is 12.7 Å². The number of benzene rings is 1. The molecular weight excluding hydrogens is 270 g/mol. The van der Waals surface area contributed by atoms with Crippen molar-refractivity contribution in [2.45, 2.75) is 25.8 Å². The summed E-state index contributed by atoms with van der Waals surface area (Å²) in [4.78, 5) is 19.1. The van der Waals surface area contributed by atoms with Crippen LogP contribution in [0.1, 0.15) is 30.8 Å². The fraction of sp³-hybridized carbons (Fsp3) is 0.333. The second kappa shape index (κ2) is 5.87. The number of nitrogens with one attached hydrogen (secondary N) is 2. The molecular formula is C15H17N3O3. The van der Waals surface area contributed by atoms with E-state index in [1.807, 2.05) is 25.1 Å². The van der Waals surface area contributed by atoms with Crippen molar-refractivity contribution in [2.24, 2.45) is 0 Å². The Hall–Kier alpha value is -2.50. The van der Waals surface area contributed by atoms with Crippen LogP contribution in [-0.2, 0) is 11.2 Å². The molecule has 6 heteroatoms. The van der Waals surface area contributed by atoms with Gasteiger partial charge in [-0.15, -0.1) is 0 Å². The van der Waals surface area contributed by atoms with Crippen LogP contribution in [-0.4, -0.2) is 22.7 Å². The van der Waals surface area contributed by atoms with Crippen LogP contribution in [0.3, 0.4) is 0 Å². The fourth-order valence-corrected chi connectivity index (χ4v) is 2.25. The monoisotopic (exact) mass is 287 g/mol. The van der Waals surface area contributed by atoms with Gasteiger partial charge in [-0.05, 0) is 31.0 Å². The second-order valence-electron chi connectivity index (χ2n) is 4.95. The van der Waals surface area contributed by atoms with Crippen LogP contribution < -0.4 is 14.8 Å². The highest BCUT2D eigenvalue weighted by molar-refractivity contribution is 5.76. The Balaban J connectivity index is 1.52. The van der Waals surface area contributed by atoms with Crippen LogP contribution in [0.15, 0.2) is 30.6 Å². The van der Waals surface area contributed by atoms with E-state index >= 15 is 0 Å². The summed E-state index contributed by atoms with van der Waals surface area (Å²) in [6, 6.07) is 5.63. The molecule has 0 fully saturated rings. The molecule has 0 saturated heterocycles. The number of imidazole rings is 1. The van der Waals surface area contributed by atoms with Gasteiger partial charge in [0.15, 0.2) is 11.5 Å². The summed E-state index contributed by atoms with van der Waals surface area (Å²) >= 11 is 0. The Morgan fingerprint density at radius 3 is 3.10 bits per heavy atom. The van der Waals surface area contributed by atoms with Gasteiger partial charge in [-0.25, -0.2) is 4.98 Å². The van der Waals surface area contributed by atoms with E-state index in [9.17, 15) is 4.79 Å². The first-order chi connectivity index (χ1) is 10.2. The molecule has 0 bridgehead atoms. The van der Waals surface area contributed by atoms with Crippen molar-refractivity contribution in [1.82, 2.24) is 15.3 Å². The Morgan fingerprint density at radius 2 is 2.29 bits per heavy atom. The number of carbonyl (C=O) groups is 1. The van der Waals surface area contributed by atoms with Gasteiger partial charge in [-0.2, -0.15) is 0 Å². The normalized spacial score (nSPS) is 14.0. The van der Waals surface area contributed by atoms with Crippen molar-refractivity contribution < 1.29 is 14.3 Å². The number of H-pyrrole nitrogens is 1. The highest BCUT2D eigenvalue weighted by Gasteiger charge is 2.14. The van der Waals surface area contributed by atoms with Gasteiger partial charge < -0.3 is 19.8 Å². The number of aromatic amines is 1. The Labute approximate surface area is 122 Å². The van der Waals surface area contributed by atoms with Gasteiger partial charge in [0.05, 0.1) is 6.04 Å². The fourth-order valence-electron chi connectivity index (χ4n) is 2.25. The zero-order valence-corrected chi connectivity index (χ0v) is 11.8. The molecule has 3 rings (SSSR count). The molecule has 1 unspecified atom stereocenters. The predicted octanol–water partition coefficient (Wildman–Crippen LogP) is 1.95. The molecule has 21 heavy (non-hydrogen) atoms. The molecule has 0 spiro atoms. The minimum absolute atomic E-state index is 0.00318. The average Bonchev–Trinajstić information content (AvgIpc) is 3.15. The molecule has 1 amide bonds. The van der Waals surface area contributed by atoms with E-state index in [0.29, 0.717) is 12.8 Å².